The number of hydrogen-bond acceptors (Lipinski definition) is 3. The molecule has 0 aromatic rings. The number of β-amino-alcohol motifs (C(OH)–C–C–N with tert-alkyl or cyclic N) is 1. The highest BCUT2D eigenvalue weighted by Gasteiger charge is 2.18. The molecule has 54 valence electrons. The summed E-state index contributed by atoms with van der Waals surface area (Å²) in [5, 5.41) is 8.75. The van der Waals surface area contributed by atoms with Gasteiger partial charge in [-0.2, -0.15) is 17.9 Å². The van der Waals surface area contributed by atoms with Gasteiger partial charge in [-0.05, 0) is 0 Å². The molecule has 0 aromatic heterocycles. The minimum atomic E-state index is -3.28. The fourth-order valence-electron chi connectivity index (χ4n) is 0.535. The minimum absolute atomic E-state index is 0.106. The Labute approximate surface area is 53.3 Å². The topological polar surface area (TPSA) is 78.4 Å². The van der Waals surface area contributed by atoms with Crippen molar-refractivity contribution in [1.29, 1.82) is 0 Å². The Morgan fingerprint density at radius 1 is 1.33 bits per heavy atom. The van der Waals surface area contributed by atoms with Crippen LogP contribution in [0.2, 0.25) is 0 Å². The first kappa shape index (κ1) is 6.94. The Hall–Kier alpha value is -0.170. The molecule has 1 aliphatic rings. The second-order valence-electron chi connectivity index (χ2n) is 1.85. The molecule has 1 aliphatic heterocycles. The predicted molar refractivity (Wildman–Crippen MR) is 30.9 cm³/mol. The first-order chi connectivity index (χ1) is 4.10. The molecule has 0 spiro atoms. The normalized spacial score (nSPS) is 28.1. The predicted octanol–water partition coefficient (Wildman–Crippen LogP) is -2.22. The van der Waals surface area contributed by atoms with Crippen molar-refractivity contribution in [2.24, 2.45) is 0 Å². The van der Waals surface area contributed by atoms with E-state index in [1.807, 2.05) is 0 Å². The van der Waals surface area contributed by atoms with Gasteiger partial charge in [0, 0.05) is 13.1 Å². The summed E-state index contributed by atoms with van der Waals surface area (Å²) in [4.78, 5) is 0. The van der Waals surface area contributed by atoms with Gasteiger partial charge in [0.05, 0.1) is 6.10 Å². The van der Waals surface area contributed by atoms with Crippen LogP contribution in [-0.4, -0.2) is 32.7 Å². The zero-order valence-corrected chi connectivity index (χ0v) is 5.48. The molecule has 1 heterocycles. The molecule has 0 aromatic carbocycles. The molecular weight excluding hydrogens is 144 g/mol. The first-order valence-electron chi connectivity index (χ1n) is 2.52. The highest BCUT2D eigenvalue weighted by molar-refractivity contribution is 7.87. The molecule has 0 atom stereocenters. The van der Waals surface area contributed by atoms with Gasteiger partial charge in [0.1, 0.15) is 0 Å². The molecule has 3 N–H and O–H groups in total. The van der Waals surface area contributed by atoms with Crippen LogP contribution in [0, 0.1) is 0 Å². The molecule has 0 aliphatic carbocycles. The SMILES string of the molecule is O=S1(=O)NCC(O)CN1. The maximum absolute atomic E-state index is 10.5. The smallest absolute Gasteiger partial charge is 0.277 e. The number of aliphatic hydroxyl groups is 1. The highest BCUT2D eigenvalue weighted by atomic mass is 32.2. The molecule has 0 unspecified atom stereocenters. The summed E-state index contributed by atoms with van der Waals surface area (Å²) in [6.07, 6.45) is -0.603. The van der Waals surface area contributed by atoms with E-state index >= 15 is 0 Å². The average molecular weight is 152 g/mol. The molecule has 6 heteroatoms. The third-order valence-electron chi connectivity index (χ3n) is 1.02. The Bertz CT molecular complexity index is 173. The number of hydrogen-bond donors (Lipinski definition) is 3. The van der Waals surface area contributed by atoms with E-state index in [9.17, 15) is 8.42 Å². The van der Waals surface area contributed by atoms with E-state index in [0.29, 0.717) is 0 Å². The van der Waals surface area contributed by atoms with E-state index < -0.39 is 16.3 Å². The summed E-state index contributed by atoms with van der Waals surface area (Å²) in [6.45, 7) is 0.213. The van der Waals surface area contributed by atoms with Crippen LogP contribution < -0.4 is 9.44 Å². The van der Waals surface area contributed by atoms with Gasteiger partial charge in [-0.25, -0.2) is 0 Å². The summed E-state index contributed by atoms with van der Waals surface area (Å²) in [7, 11) is -3.28. The van der Waals surface area contributed by atoms with Crippen LogP contribution in [0.5, 0.6) is 0 Å². The Kier molecular flexibility index (Phi) is 1.71. The molecule has 1 fully saturated rings. The van der Waals surface area contributed by atoms with E-state index in [1.165, 1.54) is 0 Å². The molecule has 1 rings (SSSR count). The van der Waals surface area contributed by atoms with Crippen molar-refractivity contribution in [3.05, 3.63) is 0 Å². The maximum atomic E-state index is 10.5. The summed E-state index contributed by atoms with van der Waals surface area (Å²) in [5.41, 5.74) is 0. The van der Waals surface area contributed by atoms with E-state index in [2.05, 4.69) is 9.44 Å². The van der Waals surface area contributed by atoms with Crippen LogP contribution in [0.4, 0.5) is 0 Å². The van der Waals surface area contributed by atoms with Gasteiger partial charge in [0.25, 0.3) is 10.2 Å². The van der Waals surface area contributed by atoms with Gasteiger partial charge >= 0.3 is 0 Å². The second-order valence-corrected chi connectivity index (χ2v) is 3.44. The molecule has 5 nitrogen and oxygen atoms in total. The van der Waals surface area contributed by atoms with Crippen molar-refractivity contribution >= 4 is 10.2 Å². The second kappa shape index (κ2) is 2.22. The fourth-order valence-corrected chi connectivity index (χ4v) is 1.46. The molecule has 1 saturated heterocycles. The monoisotopic (exact) mass is 152 g/mol. The molecule has 0 bridgehead atoms. The van der Waals surface area contributed by atoms with Crippen LogP contribution in [-0.2, 0) is 10.2 Å². The van der Waals surface area contributed by atoms with Gasteiger partial charge in [-0.1, -0.05) is 0 Å². The van der Waals surface area contributed by atoms with Crippen LogP contribution in [0.1, 0.15) is 0 Å². The van der Waals surface area contributed by atoms with E-state index in [4.69, 9.17) is 5.11 Å². The highest BCUT2D eigenvalue weighted by Crippen LogP contribution is 1.88. The lowest BCUT2D eigenvalue weighted by Crippen LogP contribution is -2.51. The Morgan fingerprint density at radius 2 is 1.78 bits per heavy atom. The lowest BCUT2D eigenvalue weighted by atomic mass is 10.4. The Balaban J connectivity index is 2.55. The zero-order chi connectivity index (χ0) is 6.91. The number of nitrogens with one attached hydrogen (secondary N) is 2. The van der Waals surface area contributed by atoms with E-state index in [-0.39, 0.29) is 13.1 Å². The average Bonchev–Trinajstić information content (AvgIpc) is 1.78. The summed E-state index contributed by atoms with van der Waals surface area (Å²) in [6, 6.07) is 0. The van der Waals surface area contributed by atoms with Gasteiger partial charge in [-0.3, -0.25) is 0 Å². The molecule has 0 radical (unpaired) electrons. The summed E-state index contributed by atoms with van der Waals surface area (Å²) < 4.78 is 25.2. The third-order valence-corrected chi connectivity index (χ3v) is 2.11. The van der Waals surface area contributed by atoms with Crippen molar-refractivity contribution in [3.63, 3.8) is 0 Å². The van der Waals surface area contributed by atoms with Gasteiger partial charge in [0.2, 0.25) is 0 Å². The van der Waals surface area contributed by atoms with Crippen molar-refractivity contribution in [1.82, 2.24) is 9.44 Å². The zero-order valence-electron chi connectivity index (χ0n) is 4.66. The summed E-state index contributed by atoms with van der Waals surface area (Å²) in [5.74, 6) is 0. The van der Waals surface area contributed by atoms with Crippen molar-refractivity contribution in [2.75, 3.05) is 13.1 Å². The van der Waals surface area contributed by atoms with Crippen LogP contribution in [0.25, 0.3) is 0 Å². The van der Waals surface area contributed by atoms with Gasteiger partial charge < -0.3 is 5.11 Å². The van der Waals surface area contributed by atoms with Crippen molar-refractivity contribution in [2.45, 2.75) is 6.10 Å². The van der Waals surface area contributed by atoms with Crippen LogP contribution in [0.15, 0.2) is 0 Å². The van der Waals surface area contributed by atoms with Crippen LogP contribution >= 0.6 is 0 Å². The van der Waals surface area contributed by atoms with Gasteiger partial charge in [0.15, 0.2) is 0 Å². The number of rotatable bonds is 0. The lowest BCUT2D eigenvalue weighted by Gasteiger charge is -2.18. The number of aliphatic hydroxyl groups excluding tert-OH is 1. The van der Waals surface area contributed by atoms with Gasteiger partial charge in [-0.15, -0.1) is 0 Å². The van der Waals surface area contributed by atoms with Crippen LogP contribution in [0.3, 0.4) is 0 Å². The third kappa shape index (κ3) is 1.90. The van der Waals surface area contributed by atoms with E-state index in [1.54, 1.807) is 0 Å². The largest absolute Gasteiger partial charge is 0.390 e. The van der Waals surface area contributed by atoms with Crippen molar-refractivity contribution < 1.29 is 13.5 Å². The van der Waals surface area contributed by atoms with E-state index in [0.717, 1.165) is 0 Å². The molecule has 9 heavy (non-hydrogen) atoms. The van der Waals surface area contributed by atoms with Crippen molar-refractivity contribution in [3.8, 4) is 0 Å². The summed E-state index contributed by atoms with van der Waals surface area (Å²) >= 11 is 0. The standard InChI is InChI=1S/C3H8N2O3S/c6-3-1-4-9(7,8)5-2-3/h3-6H,1-2H2. The molecule has 0 amide bonds. The Morgan fingerprint density at radius 3 is 2.11 bits per heavy atom. The quantitative estimate of drug-likeness (QED) is 0.368. The molecule has 0 saturated carbocycles. The molecular formula is C3H8N2O3S. The maximum Gasteiger partial charge on any atom is 0.277 e. The minimum Gasteiger partial charge on any atom is -0.390 e. The lowest BCUT2D eigenvalue weighted by molar-refractivity contribution is 0.175. The fraction of sp³-hybridized carbons (Fsp3) is 1.00. The first-order valence-corrected chi connectivity index (χ1v) is 4.01.